The highest BCUT2D eigenvalue weighted by molar-refractivity contribution is 5.78. The van der Waals surface area contributed by atoms with Crippen LogP contribution in [0.5, 0.6) is 0 Å². The maximum Gasteiger partial charge on any atom is 0.132 e. The van der Waals surface area contributed by atoms with Crippen LogP contribution in [0.25, 0.3) is 0 Å². The number of unbranched alkanes of at least 4 members (excludes halogenated alkanes) is 1. The third-order valence-electron chi connectivity index (χ3n) is 1.86. The van der Waals surface area contributed by atoms with Gasteiger partial charge in [0.2, 0.25) is 0 Å². The standard InChI is InChI=1S/C11H20O/c1-4-5-6-7-11(12)9-8-10(2)3/h4,10H,1,5-9H2,2-3H3. The van der Waals surface area contributed by atoms with Crippen molar-refractivity contribution >= 4 is 5.78 Å². The highest BCUT2D eigenvalue weighted by Crippen LogP contribution is 2.07. The Labute approximate surface area is 75.9 Å². The van der Waals surface area contributed by atoms with E-state index < -0.39 is 0 Å². The zero-order valence-electron chi connectivity index (χ0n) is 8.31. The number of allylic oxidation sites excluding steroid dienone is 1. The van der Waals surface area contributed by atoms with Gasteiger partial charge in [-0.1, -0.05) is 19.9 Å². The van der Waals surface area contributed by atoms with Crippen LogP contribution in [0, 0.1) is 5.92 Å². The Balaban J connectivity index is 3.27. The van der Waals surface area contributed by atoms with E-state index in [1.165, 1.54) is 0 Å². The molecular weight excluding hydrogens is 148 g/mol. The van der Waals surface area contributed by atoms with Gasteiger partial charge in [0.05, 0.1) is 0 Å². The molecule has 0 aliphatic heterocycles. The second-order valence-corrected chi connectivity index (χ2v) is 3.65. The van der Waals surface area contributed by atoms with E-state index in [-0.39, 0.29) is 0 Å². The van der Waals surface area contributed by atoms with Crippen LogP contribution in [0.1, 0.15) is 46.0 Å². The summed E-state index contributed by atoms with van der Waals surface area (Å²) in [6.45, 7) is 7.92. The van der Waals surface area contributed by atoms with E-state index in [2.05, 4.69) is 20.4 Å². The van der Waals surface area contributed by atoms with Crippen LogP contribution in [0.3, 0.4) is 0 Å². The van der Waals surface area contributed by atoms with Gasteiger partial charge >= 0.3 is 0 Å². The first-order valence-electron chi connectivity index (χ1n) is 4.79. The van der Waals surface area contributed by atoms with E-state index in [1.807, 2.05) is 6.08 Å². The third-order valence-corrected chi connectivity index (χ3v) is 1.86. The molecule has 1 heteroatoms. The lowest BCUT2D eigenvalue weighted by Gasteiger charge is -2.02. The lowest BCUT2D eigenvalue weighted by Crippen LogP contribution is -1.99. The number of carbonyl (C=O) groups is 1. The largest absolute Gasteiger partial charge is 0.300 e. The van der Waals surface area contributed by atoms with E-state index >= 15 is 0 Å². The Hall–Kier alpha value is -0.590. The maximum absolute atomic E-state index is 11.2. The molecule has 0 aromatic carbocycles. The first kappa shape index (κ1) is 11.4. The van der Waals surface area contributed by atoms with Gasteiger partial charge in [0.1, 0.15) is 5.78 Å². The Morgan fingerprint density at radius 3 is 2.58 bits per heavy atom. The molecule has 0 amide bonds. The topological polar surface area (TPSA) is 17.1 Å². The van der Waals surface area contributed by atoms with Crippen molar-refractivity contribution < 1.29 is 4.79 Å². The van der Waals surface area contributed by atoms with Crippen molar-refractivity contribution in [2.24, 2.45) is 5.92 Å². The van der Waals surface area contributed by atoms with Crippen molar-refractivity contribution in [3.8, 4) is 0 Å². The van der Waals surface area contributed by atoms with Crippen molar-refractivity contribution in [3.63, 3.8) is 0 Å². The fourth-order valence-electron chi connectivity index (χ4n) is 1.02. The Morgan fingerprint density at radius 2 is 2.08 bits per heavy atom. The van der Waals surface area contributed by atoms with Crippen LogP contribution in [-0.2, 0) is 4.79 Å². The molecular formula is C11H20O. The SMILES string of the molecule is C=CCCCC(=O)CCC(C)C. The van der Waals surface area contributed by atoms with Crippen LogP contribution >= 0.6 is 0 Å². The molecule has 0 N–H and O–H groups in total. The predicted octanol–water partition coefficient (Wildman–Crippen LogP) is 3.35. The van der Waals surface area contributed by atoms with Gasteiger partial charge in [-0.15, -0.1) is 6.58 Å². The fraction of sp³-hybridized carbons (Fsp3) is 0.727. The van der Waals surface area contributed by atoms with Crippen LogP contribution in [-0.4, -0.2) is 5.78 Å². The van der Waals surface area contributed by atoms with Crippen LogP contribution in [0.15, 0.2) is 12.7 Å². The highest BCUT2D eigenvalue weighted by Gasteiger charge is 2.02. The van der Waals surface area contributed by atoms with E-state index in [0.29, 0.717) is 11.7 Å². The number of hydrogen-bond donors (Lipinski definition) is 0. The number of carbonyl (C=O) groups excluding carboxylic acids is 1. The molecule has 0 aromatic heterocycles. The third kappa shape index (κ3) is 7.52. The van der Waals surface area contributed by atoms with Crippen molar-refractivity contribution in [1.29, 1.82) is 0 Å². The minimum Gasteiger partial charge on any atom is -0.300 e. The molecule has 0 bridgehead atoms. The minimum absolute atomic E-state index is 0.408. The molecule has 0 spiro atoms. The summed E-state index contributed by atoms with van der Waals surface area (Å²) >= 11 is 0. The van der Waals surface area contributed by atoms with E-state index in [4.69, 9.17) is 0 Å². The average Bonchev–Trinajstić information content (AvgIpc) is 2.01. The van der Waals surface area contributed by atoms with Gasteiger partial charge in [-0.05, 0) is 25.2 Å². The molecule has 0 aromatic rings. The summed E-state index contributed by atoms with van der Waals surface area (Å²) in [6.07, 6.45) is 6.34. The number of Topliss-reactive ketones (excluding diaryl/α,β-unsaturated/α-hetero) is 1. The van der Waals surface area contributed by atoms with Gasteiger partial charge in [-0.25, -0.2) is 0 Å². The first-order valence-corrected chi connectivity index (χ1v) is 4.79. The summed E-state index contributed by atoms with van der Waals surface area (Å²) in [6, 6.07) is 0. The molecule has 0 aliphatic rings. The quantitative estimate of drug-likeness (QED) is 0.421. The highest BCUT2D eigenvalue weighted by atomic mass is 16.1. The summed E-state index contributed by atoms with van der Waals surface area (Å²) in [5.74, 6) is 1.05. The summed E-state index contributed by atoms with van der Waals surface area (Å²) in [5, 5.41) is 0. The van der Waals surface area contributed by atoms with Gasteiger partial charge in [0.15, 0.2) is 0 Å². The normalized spacial score (nSPS) is 10.2. The van der Waals surface area contributed by atoms with Crippen molar-refractivity contribution in [1.82, 2.24) is 0 Å². The summed E-state index contributed by atoms with van der Waals surface area (Å²) in [5.41, 5.74) is 0. The molecule has 1 nitrogen and oxygen atoms in total. The molecule has 0 radical (unpaired) electrons. The zero-order valence-corrected chi connectivity index (χ0v) is 8.31. The monoisotopic (exact) mass is 168 g/mol. The van der Waals surface area contributed by atoms with Gasteiger partial charge in [0, 0.05) is 12.8 Å². The minimum atomic E-state index is 0.408. The predicted molar refractivity (Wildman–Crippen MR) is 53.1 cm³/mol. The van der Waals surface area contributed by atoms with Gasteiger partial charge in [-0.3, -0.25) is 4.79 Å². The lowest BCUT2D eigenvalue weighted by atomic mass is 10.0. The van der Waals surface area contributed by atoms with Crippen LogP contribution in [0.4, 0.5) is 0 Å². The fourth-order valence-corrected chi connectivity index (χ4v) is 1.02. The lowest BCUT2D eigenvalue weighted by molar-refractivity contribution is -0.119. The number of rotatable bonds is 7. The maximum atomic E-state index is 11.2. The van der Waals surface area contributed by atoms with Crippen molar-refractivity contribution in [2.45, 2.75) is 46.0 Å². The molecule has 0 rings (SSSR count). The van der Waals surface area contributed by atoms with Gasteiger partial charge < -0.3 is 0 Å². The van der Waals surface area contributed by atoms with Crippen molar-refractivity contribution in [3.05, 3.63) is 12.7 Å². The molecule has 70 valence electrons. The second-order valence-electron chi connectivity index (χ2n) is 3.65. The zero-order chi connectivity index (χ0) is 9.40. The van der Waals surface area contributed by atoms with E-state index in [9.17, 15) is 4.79 Å². The smallest absolute Gasteiger partial charge is 0.132 e. The molecule has 0 saturated carbocycles. The van der Waals surface area contributed by atoms with E-state index in [1.54, 1.807) is 0 Å². The second kappa shape index (κ2) is 7.08. The molecule has 12 heavy (non-hydrogen) atoms. The van der Waals surface area contributed by atoms with Gasteiger partial charge in [0.25, 0.3) is 0 Å². The van der Waals surface area contributed by atoms with E-state index in [0.717, 1.165) is 32.1 Å². The molecule has 0 unspecified atom stereocenters. The van der Waals surface area contributed by atoms with Crippen molar-refractivity contribution in [2.75, 3.05) is 0 Å². The Morgan fingerprint density at radius 1 is 1.42 bits per heavy atom. The Bertz CT molecular complexity index is 136. The number of ketones is 1. The first-order chi connectivity index (χ1) is 5.66. The molecule has 0 heterocycles. The number of hydrogen-bond acceptors (Lipinski definition) is 1. The summed E-state index contributed by atoms with van der Waals surface area (Å²) < 4.78 is 0. The van der Waals surface area contributed by atoms with Crippen LogP contribution < -0.4 is 0 Å². The summed E-state index contributed by atoms with van der Waals surface area (Å²) in [4.78, 5) is 11.2. The molecule has 0 aliphatic carbocycles. The van der Waals surface area contributed by atoms with Crippen LogP contribution in [0.2, 0.25) is 0 Å². The molecule has 0 fully saturated rings. The molecule has 0 saturated heterocycles. The van der Waals surface area contributed by atoms with Gasteiger partial charge in [-0.2, -0.15) is 0 Å². The average molecular weight is 168 g/mol. The Kier molecular flexibility index (Phi) is 6.73. The summed E-state index contributed by atoms with van der Waals surface area (Å²) in [7, 11) is 0. The molecule has 0 atom stereocenters.